The average Bonchev–Trinajstić information content (AvgIpc) is 2.81. The number of aliphatic hydroxyl groups excluding tert-OH is 1. The molecule has 0 aromatic carbocycles. The van der Waals surface area contributed by atoms with Gasteiger partial charge in [0.1, 0.15) is 5.56 Å². The molecule has 0 saturated carbocycles. The van der Waals surface area contributed by atoms with Crippen molar-refractivity contribution in [1.82, 2.24) is 14.5 Å². The zero-order valence-corrected chi connectivity index (χ0v) is 20.7. The Hall–Kier alpha value is -3.53. The van der Waals surface area contributed by atoms with Gasteiger partial charge in [-0.2, -0.15) is 4.99 Å². The first-order valence-electron chi connectivity index (χ1n) is 11.9. The number of H-pyrrole nitrogens is 1. The van der Waals surface area contributed by atoms with Crippen molar-refractivity contribution in [3.63, 3.8) is 0 Å². The Bertz CT molecular complexity index is 1150. The van der Waals surface area contributed by atoms with Crippen LogP contribution in [0, 0.1) is 0 Å². The van der Waals surface area contributed by atoms with Crippen molar-refractivity contribution >= 4 is 23.7 Å². The fourth-order valence-corrected chi connectivity index (χ4v) is 3.41. The number of aliphatic hydroxyl groups is 1. The van der Waals surface area contributed by atoms with Crippen LogP contribution in [0.25, 0.3) is 6.08 Å². The summed E-state index contributed by atoms with van der Waals surface area (Å²) < 4.78 is 6.58. The van der Waals surface area contributed by atoms with Crippen LogP contribution >= 0.6 is 0 Å². The topological polar surface area (TPSA) is 134 Å². The molecule has 1 aromatic rings. The number of hydrogen-bond acceptors (Lipinski definition) is 6. The van der Waals surface area contributed by atoms with E-state index in [1.165, 1.54) is 19.1 Å². The second-order valence-corrected chi connectivity index (χ2v) is 8.01. The Morgan fingerprint density at radius 1 is 1.03 bits per heavy atom. The van der Waals surface area contributed by atoms with E-state index in [1.54, 1.807) is 25.2 Å². The number of urea groups is 1. The molecule has 35 heavy (non-hydrogen) atoms. The standard InChI is InChI=1S/C25H34N4O6/c1-5-8-15-28-22(31)18(20(17(4)30)26-24(28)33)13-11-10-12-14-19-21(35-7-3)27-25(34)29(23(19)32)16-9-6-2/h10-14,17,30H,5-9,15-16H2,1-4H3,(H,27,34). The summed E-state index contributed by atoms with van der Waals surface area (Å²) in [5.41, 5.74) is -0.631. The molecular formula is C25H34N4O6. The van der Waals surface area contributed by atoms with E-state index in [-0.39, 0.29) is 35.9 Å². The first-order valence-corrected chi connectivity index (χ1v) is 11.9. The molecule has 1 aromatic heterocycles. The van der Waals surface area contributed by atoms with E-state index in [9.17, 15) is 24.3 Å². The SMILES string of the molecule is CCCCN1C(=O)N=C(C(C)O)C(=CC=CC=Cc2c(OCC)[nH]c(=O)n(CCCC)c2=O)C1=O. The van der Waals surface area contributed by atoms with Crippen LogP contribution in [0.15, 0.2) is 44.5 Å². The van der Waals surface area contributed by atoms with Gasteiger partial charge in [0, 0.05) is 13.1 Å². The molecule has 2 heterocycles. The highest BCUT2D eigenvalue weighted by Crippen LogP contribution is 2.17. The number of amides is 3. The maximum absolute atomic E-state index is 12.9. The highest BCUT2D eigenvalue weighted by molar-refractivity contribution is 6.30. The summed E-state index contributed by atoms with van der Waals surface area (Å²) in [5, 5.41) is 10.0. The van der Waals surface area contributed by atoms with Gasteiger partial charge in [0.2, 0.25) is 5.88 Å². The minimum Gasteiger partial charge on any atom is -0.479 e. The van der Waals surface area contributed by atoms with E-state index in [0.717, 1.165) is 22.3 Å². The summed E-state index contributed by atoms with van der Waals surface area (Å²) in [7, 11) is 0. The molecule has 3 amide bonds. The molecule has 1 unspecified atom stereocenters. The van der Waals surface area contributed by atoms with Gasteiger partial charge in [0.05, 0.1) is 24.0 Å². The maximum Gasteiger partial charge on any atom is 0.350 e. The van der Waals surface area contributed by atoms with Crippen molar-refractivity contribution < 1.29 is 19.4 Å². The number of ether oxygens (including phenoxy) is 1. The average molecular weight is 487 g/mol. The van der Waals surface area contributed by atoms with E-state index in [2.05, 4.69) is 9.98 Å². The molecule has 2 N–H and O–H groups in total. The van der Waals surface area contributed by atoms with Crippen molar-refractivity contribution in [2.24, 2.45) is 4.99 Å². The molecule has 0 bridgehead atoms. The number of aliphatic imine (C=N–C) groups is 1. The van der Waals surface area contributed by atoms with Crippen LogP contribution < -0.4 is 16.0 Å². The molecule has 0 saturated heterocycles. The number of nitrogens with one attached hydrogen (secondary N) is 1. The molecule has 1 atom stereocenters. The number of nitrogens with zero attached hydrogens (tertiary/aromatic N) is 3. The first-order chi connectivity index (χ1) is 16.8. The van der Waals surface area contributed by atoms with Crippen molar-refractivity contribution in [3.8, 4) is 5.88 Å². The lowest BCUT2D eigenvalue weighted by atomic mass is 10.0. The van der Waals surface area contributed by atoms with Gasteiger partial charge >= 0.3 is 11.7 Å². The second-order valence-electron chi connectivity index (χ2n) is 8.01. The van der Waals surface area contributed by atoms with Gasteiger partial charge in [-0.1, -0.05) is 44.9 Å². The highest BCUT2D eigenvalue weighted by atomic mass is 16.5. The van der Waals surface area contributed by atoms with Crippen LogP contribution in [-0.4, -0.2) is 56.5 Å². The van der Waals surface area contributed by atoms with Crippen LogP contribution in [0.2, 0.25) is 0 Å². The summed E-state index contributed by atoms with van der Waals surface area (Å²) in [4.78, 5) is 57.8. The van der Waals surface area contributed by atoms with Crippen molar-refractivity contribution in [2.45, 2.75) is 66.0 Å². The summed E-state index contributed by atoms with van der Waals surface area (Å²) in [6.07, 6.45) is 9.59. The maximum atomic E-state index is 12.9. The number of imide groups is 1. The molecular weight excluding hydrogens is 452 g/mol. The van der Waals surface area contributed by atoms with Crippen LogP contribution in [0.3, 0.4) is 0 Å². The third-order valence-electron chi connectivity index (χ3n) is 5.29. The molecule has 2 rings (SSSR count). The first kappa shape index (κ1) is 27.7. The number of carbonyl (C=O) groups excluding carboxylic acids is 2. The molecule has 1 aliphatic rings. The van der Waals surface area contributed by atoms with Crippen molar-refractivity contribution in [1.29, 1.82) is 0 Å². The zero-order valence-electron chi connectivity index (χ0n) is 20.7. The Morgan fingerprint density at radius 2 is 1.71 bits per heavy atom. The van der Waals surface area contributed by atoms with Crippen LogP contribution in [0.1, 0.15) is 58.9 Å². The van der Waals surface area contributed by atoms with Gasteiger partial charge in [0.15, 0.2) is 0 Å². The van der Waals surface area contributed by atoms with Gasteiger partial charge in [-0.05, 0) is 38.8 Å². The normalized spacial score (nSPS) is 16.5. The number of carbonyl (C=O) groups is 2. The highest BCUT2D eigenvalue weighted by Gasteiger charge is 2.33. The van der Waals surface area contributed by atoms with E-state index in [1.807, 2.05) is 13.8 Å². The van der Waals surface area contributed by atoms with Gasteiger partial charge in [0.25, 0.3) is 11.5 Å². The molecule has 190 valence electrons. The summed E-state index contributed by atoms with van der Waals surface area (Å²) in [6, 6.07) is -0.679. The smallest absolute Gasteiger partial charge is 0.350 e. The van der Waals surface area contributed by atoms with Gasteiger partial charge < -0.3 is 9.84 Å². The van der Waals surface area contributed by atoms with Gasteiger partial charge in [-0.25, -0.2) is 9.59 Å². The van der Waals surface area contributed by atoms with E-state index in [0.29, 0.717) is 19.4 Å². The summed E-state index contributed by atoms with van der Waals surface area (Å²) in [6.45, 7) is 7.93. The number of unbranched alkanes of at least 4 members (excludes halogenated alkanes) is 2. The predicted molar refractivity (Wildman–Crippen MR) is 135 cm³/mol. The molecule has 0 radical (unpaired) electrons. The largest absolute Gasteiger partial charge is 0.479 e. The lowest BCUT2D eigenvalue weighted by Crippen LogP contribution is -2.44. The Labute approximate surface area is 204 Å². The number of allylic oxidation sites excluding steroid dienone is 4. The van der Waals surface area contributed by atoms with E-state index >= 15 is 0 Å². The number of aromatic amines is 1. The van der Waals surface area contributed by atoms with Crippen LogP contribution in [-0.2, 0) is 11.3 Å². The summed E-state index contributed by atoms with van der Waals surface area (Å²) >= 11 is 0. The fourth-order valence-electron chi connectivity index (χ4n) is 3.41. The molecule has 0 aliphatic carbocycles. The third kappa shape index (κ3) is 6.98. The van der Waals surface area contributed by atoms with Crippen LogP contribution in [0.4, 0.5) is 4.79 Å². The Balaban J connectivity index is 2.36. The van der Waals surface area contributed by atoms with E-state index < -0.39 is 29.3 Å². The third-order valence-corrected chi connectivity index (χ3v) is 5.29. The Morgan fingerprint density at radius 3 is 2.34 bits per heavy atom. The van der Waals surface area contributed by atoms with Crippen molar-refractivity contribution in [2.75, 3.05) is 13.2 Å². The molecule has 10 heteroatoms. The monoisotopic (exact) mass is 486 g/mol. The lowest BCUT2D eigenvalue weighted by molar-refractivity contribution is -0.124. The number of rotatable bonds is 12. The Kier molecular flexibility index (Phi) is 10.6. The molecule has 0 spiro atoms. The minimum atomic E-state index is -1.09. The van der Waals surface area contributed by atoms with Gasteiger partial charge in [-0.15, -0.1) is 0 Å². The minimum absolute atomic E-state index is 0.0134. The number of aromatic nitrogens is 2. The quantitative estimate of drug-likeness (QED) is 0.345. The second kappa shape index (κ2) is 13.4. The lowest BCUT2D eigenvalue weighted by Gasteiger charge is -2.26. The summed E-state index contributed by atoms with van der Waals surface area (Å²) in [5.74, 6) is -0.421. The zero-order chi connectivity index (χ0) is 26.0. The molecule has 0 fully saturated rings. The predicted octanol–water partition coefficient (Wildman–Crippen LogP) is 2.82. The molecule has 10 nitrogen and oxygen atoms in total. The van der Waals surface area contributed by atoms with E-state index in [4.69, 9.17) is 4.74 Å². The molecule has 1 aliphatic heterocycles. The van der Waals surface area contributed by atoms with Crippen LogP contribution in [0.5, 0.6) is 5.88 Å². The van der Waals surface area contributed by atoms with Gasteiger partial charge in [-0.3, -0.25) is 24.0 Å². The van der Waals surface area contributed by atoms with Crippen molar-refractivity contribution in [3.05, 3.63) is 56.3 Å². The fraction of sp³-hybridized carbons (Fsp3) is 0.480. The number of hydrogen-bond donors (Lipinski definition) is 2.